The Morgan fingerprint density at radius 2 is 1.81 bits per heavy atom. The van der Waals surface area contributed by atoms with E-state index in [4.69, 9.17) is 0 Å². The van der Waals surface area contributed by atoms with Crippen molar-refractivity contribution < 1.29 is 0 Å². The second kappa shape index (κ2) is 8.67. The summed E-state index contributed by atoms with van der Waals surface area (Å²) in [5, 5.41) is 6.78. The fraction of sp³-hybridized carbons (Fsp3) is 0.588. The van der Waals surface area contributed by atoms with Gasteiger partial charge >= 0.3 is 0 Å². The Balaban J connectivity index is 2.32. The molecule has 0 bridgehead atoms. The van der Waals surface area contributed by atoms with Crippen molar-refractivity contribution in [1.82, 2.24) is 15.5 Å². The lowest BCUT2D eigenvalue weighted by Gasteiger charge is -2.29. The quantitative estimate of drug-likeness (QED) is 0.596. The third kappa shape index (κ3) is 7.71. The summed E-state index contributed by atoms with van der Waals surface area (Å²) in [4.78, 5) is 6.50. The lowest BCUT2D eigenvalue weighted by atomic mass is 9.93. The first-order valence-corrected chi connectivity index (χ1v) is 7.56. The van der Waals surface area contributed by atoms with Gasteiger partial charge in [-0.2, -0.15) is 0 Å². The standard InChI is InChI=1S/C17H30N4/c1-17(2,14-21(4)5)13-20-16(18-3)19-12-11-15-9-7-6-8-10-15/h6-10H,11-14H2,1-5H3,(H2,18,19,20). The molecule has 0 heterocycles. The summed E-state index contributed by atoms with van der Waals surface area (Å²) < 4.78 is 0. The van der Waals surface area contributed by atoms with Crippen LogP contribution >= 0.6 is 0 Å². The molecule has 0 amide bonds. The summed E-state index contributed by atoms with van der Waals surface area (Å²) in [6.45, 7) is 7.35. The zero-order chi connectivity index (χ0) is 15.7. The minimum absolute atomic E-state index is 0.209. The first-order chi connectivity index (χ1) is 9.93. The van der Waals surface area contributed by atoms with E-state index in [1.165, 1.54) is 5.56 Å². The highest BCUT2D eigenvalue weighted by molar-refractivity contribution is 5.79. The van der Waals surface area contributed by atoms with Crippen molar-refractivity contribution in [2.24, 2.45) is 10.4 Å². The molecule has 0 radical (unpaired) electrons. The summed E-state index contributed by atoms with van der Waals surface area (Å²) in [5.74, 6) is 0.873. The number of rotatable bonds is 7. The molecule has 0 unspecified atom stereocenters. The fourth-order valence-electron chi connectivity index (χ4n) is 2.43. The van der Waals surface area contributed by atoms with Gasteiger partial charge < -0.3 is 15.5 Å². The van der Waals surface area contributed by atoms with Crippen molar-refractivity contribution in [3.05, 3.63) is 35.9 Å². The van der Waals surface area contributed by atoms with Crippen LogP contribution in [0.4, 0.5) is 0 Å². The first kappa shape index (κ1) is 17.5. The Morgan fingerprint density at radius 1 is 1.14 bits per heavy atom. The van der Waals surface area contributed by atoms with Crippen LogP contribution in [0.3, 0.4) is 0 Å². The molecule has 0 fully saturated rings. The molecule has 0 spiro atoms. The van der Waals surface area contributed by atoms with Crippen LogP contribution < -0.4 is 10.6 Å². The number of benzene rings is 1. The van der Waals surface area contributed by atoms with E-state index in [1.54, 1.807) is 0 Å². The molecule has 0 aliphatic carbocycles. The van der Waals surface area contributed by atoms with Gasteiger partial charge in [0.1, 0.15) is 0 Å². The molecule has 0 saturated heterocycles. The van der Waals surface area contributed by atoms with Gasteiger partial charge in [0, 0.05) is 26.7 Å². The summed E-state index contributed by atoms with van der Waals surface area (Å²) in [6, 6.07) is 10.5. The Bertz CT molecular complexity index is 424. The van der Waals surface area contributed by atoms with E-state index in [0.29, 0.717) is 0 Å². The Labute approximate surface area is 129 Å². The molecule has 0 aromatic heterocycles. The summed E-state index contributed by atoms with van der Waals surface area (Å²) in [5.41, 5.74) is 1.55. The third-order valence-corrected chi connectivity index (χ3v) is 3.25. The molecule has 2 N–H and O–H groups in total. The lowest BCUT2D eigenvalue weighted by Crippen LogP contribution is -2.45. The highest BCUT2D eigenvalue weighted by Gasteiger charge is 2.19. The van der Waals surface area contributed by atoms with Crippen LogP contribution in [0.2, 0.25) is 0 Å². The molecule has 1 aromatic carbocycles. The topological polar surface area (TPSA) is 39.7 Å². The van der Waals surface area contributed by atoms with Gasteiger partial charge in [-0.3, -0.25) is 4.99 Å². The lowest BCUT2D eigenvalue weighted by molar-refractivity contribution is 0.241. The maximum absolute atomic E-state index is 4.28. The Hall–Kier alpha value is -1.55. The maximum Gasteiger partial charge on any atom is 0.191 e. The molecule has 0 aliphatic rings. The average molecular weight is 290 g/mol. The molecule has 4 heteroatoms. The Kier molecular flexibility index (Phi) is 7.23. The van der Waals surface area contributed by atoms with Crippen LogP contribution in [-0.2, 0) is 6.42 Å². The van der Waals surface area contributed by atoms with Gasteiger partial charge in [0.25, 0.3) is 0 Å². The van der Waals surface area contributed by atoms with Gasteiger partial charge in [-0.15, -0.1) is 0 Å². The van der Waals surface area contributed by atoms with E-state index in [0.717, 1.165) is 32.0 Å². The second-order valence-corrected chi connectivity index (χ2v) is 6.49. The molecule has 118 valence electrons. The van der Waals surface area contributed by atoms with Crippen LogP contribution in [0.25, 0.3) is 0 Å². The third-order valence-electron chi connectivity index (χ3n) is 3.25. The molecule has 0 saturated carbocycles. The van der Waals surface area contributed by atoms with Crippen molar-refractivity contribution in [3.8, 4) is 0 Å². The van der Waals surface area contributed by atoms with Crippen molar-refractivity contribution in [2.45, 2.75) is 20.3 Å². The van der Waals surface area contributed by atoms with Crippen LogP contribution in [-0.4, -0.2) is 51.6 Å². The van der Waals surface area contributed by atoms with Crippen LogP contribution in [0.1, 0.15) is 19.4 Å². The summed E-state index contributed by atoms with van der Waals surface area (Å²) >= 11 is 0. The van der Waals surface area contributed by atoms with E-state index in [9.17, 15) is 0 Å². The highest BCUT2D eigenvalue weighted by Crippen LogP contribution is 2.13. The van der Waals surface area contributed by atoms with Gasteiger partial charge in [-0.05, 0) is 31.5 Å². The van der Waals surface area contributed by atoms with Gasteiger partial charge in [0.2, 0.25) is 0 Å². The number of hydrogen-bond acceptors (Lipinski definition) is 2. The number of nitrogens with one attached hydrogen (secondary N) is 2. The average Bonchev–Trinajstić information content (AvgIpc) is 2.42. The Morgan fingerprint density at radius 3 is 2.38 bits per heavy atom. The van der Waals surface area contributed by atoms with E-state index < -0.39 is 0 Å². The number of nitrogens with zero attached hydrogens (tertiary/aromatic N) is 2. The monoisotopic (exact) mass is 290 g/mol. The second-order valence-electron chi connectivity index (χ2n) is 6.49. The zero-order valence-electron chi connectivity index (χ0n) is 14.1. The minimum Gasteiger partial charge on any atom is -0.356 e. The van der Waals surface area contributed by atoms with Crippen LogP contribution in [0.15, 0.2) is 35.3 Å². The number of aliphatic imine (C=N–C) groups is 1. The predicted octanol–water partition coefficient (Wildman–Crippen LogP) is 1.98. The van der Waals surface area contributed by atoms with Crippen LogP contribution in [0, 0.1) is 5.41 Å². The number of hydrogen-bond donors (Lipinski definition) is 2. The molecule has 4 nitrogen and oxygen atoms in total. The highest BCUT2D eigenvalue weighted by atomic mass is 15.2. The first-order valence-electron chi connectivity index (χ1n) is 7.56. The van der Waals surface area contributed by atoms with E-state index in [1.807, 2.05) is 13.1 Å². The van der Waals surface area contributed by atoms with Crippen LogP contribution in [0.5, 0.6) is 0 Å². The van der Waals surface area contributed by atoms with Crippen molar-refractivity contribution in [2.75, 3.05) is 40.8 Å². The van der Waals surface area contributed by atoms with E-state index in [-0.39, 0.29) is 5.41 Å². The smallest absolute Gasteiger partial charge is 0.191 e. The molecular formula is C17H30N4. The summed E-state index contributed by atoms with van der Waals surface area (Å²) in [7, 11) is 6.03. The van der Waals surface area contributed by atoms with Crippen molar-refractivity contribution >= 4 is 5.96 Å². The molecule has 1 rings (SSSR count). The molecule has 0 aliphatic heterocycles. The fourth-order valence-corrected chi connectivity index (χ4v) is 2.43. The van der Waals surface area contributed by atoms with Crippen molar-refractivity contribution in [1.29, 1.82) is 0 Å². The van der Waals surface area contributed by atoms with Gasteiger partial charge in [-0.1, -0.05) is 44.2 Å². The molecular weight excluding hydrogens is 260 g/mol. The number of guanidine groups is 1. The van der Waals surface area contributed by atoms with Gasteiger partial charge in [0.05, 0.1) is 0 Å². The maximum atomic E-state index is 4.28. The van der Waals surface area contributed by atoms with Gasteiger partial charge in [0.15, 0.2) is 5.96 Å². The molecule has 0 atom stereocenters. The largest absolute Gasteiger partial charge is 0.356 e. The SMILES string of the molecule is CN=C(NCCc1ccccc1)NCC(C)(C)CN(C)C. The molecule has 1 aromatic rings. The van der Waals surface area contributed by atoms with Gasteiger partial charge in [-0.25, -0.2) is 0 Å². The minimum atomic E-state index is 0.209. The van der Waals surface area contributed by atoms with E-state index in [2.05, 4.69) is 72.7 Å². The predicted molar refractivity (Wildman–Crippen MR) is 91.8 cm³/mol. The zero-order valence-corrected chi connectivity index (χ0v) is 14.1. The normalized spacial score (nSPS) is 12.6. The molecule has 21 heavy (non-hydrogen) atoms. The van der Waals surface area contributed by atoms with E-state index >= 15 is 0 Å². The van der Waals surface area contributed by atoms with Crippen molar-refractivity contribution in [3.63, 3.8) is 0 Å². The summed E-state index contributed by atoms with van der Waals surface area (Å²) in [6.07, 6.45) is 1.00.